The quantitative estimate of drug-likeness (QED) is 0.778. The molecule has 0 radical (unpaired) electrons. The Morgan fingerprint density at radius 2 is 2.21 bits per heavy atom. The van der Waals surface area contributed by atoms with Crippen molar-refractivity contribution < 1.29 is 4.39 Å². The molecule has 0 saturated heterocycles. The average molecular weight is 213 g/mol. The molecule has 1 aromatic rings. The Balaban J connectivity index is 3.00. The third kappa shape index (κ3) is 2.49. The van der Waals surface area contributed by atoms with E-state index in [4.69, 9.17) is 5.73 Å². The molecule has 3 heteroatoms. The zero-order chi connectivity index (χ0) is 10.6. The first-order chi connectivity index (χ1) is 6.70. The first-order valence-corrected chi connectivity index (χ1v) is 5.95. The van der Waals surface area contributed by atoms with Gasteiger partial charge in [-0.15, -0.1) is 11.8 Å². The van der Waals surface area contributed by atoms with Gasteiger partial charge in [0.2, 0.25) is 0 Å². The van der Waals surface area contributed by atoms with E-state index in [0.29, 0.717) is 12.5 Å². The molecule has 0 amide bonds. The largest absolute Gasteiger partial charge is 0.330 e. The number of hydrogen-bond acceptors (Lipinski definition) is 2. The van der Waals surface area contributed by atoms with E-state index in [1.807, 2.05) is 12.3 Å². The summed E-state index contributed by atoms with van der Waals surface area (Å²) in [5.74, 6) is 0.206. The monoisotopic (exact) mass is 213 g/mol. The molecular weight excluding hydrogens is 197 g/mol. The van der Waals surface area contributed by atoms with Crippen LogP contribution in [0.5, 0.6) is 0 Å². The first-order valence-electron chi connectivity index (χ1n) is 4.73. The number of nitrogens with two attached hydrogens (primary N) is 1. The fourth-order valence-electron chi connectivity index (χ4n) is 1.53. The second-order valence-electron chi connectivity index (χ2n) is 3.34. The molecule has 1 atom stereocenters. The smallest absolute Gasteiger partial charge is 0.137 e. The van der Waals surface area contributed by atoms with Crippen molar-refractivity contribution in [1.82, 2.24) is 0 Å². The van der Waals surface area contributed by atoms with Gasteiger partial charge in [0.15, 0.2) is 0 Å². The van der Waals surface area contributed by atoms with Crippen molar-refractivity contribution in [3.8, 4) is 0 Å². The van der Waals surface area contributed by atoms with Gasteiger partial charge in [0.25, 0.3) is 0 Å². The topological polar surface area (TPSA) is 26.0 Å². The average Bonchev–Trinajstić information content (AvgIpc) is 2.17. The van der Waals surface area contributed by atoms with Crippen molar-refractivity contribution in [2.24, 2.45) is 5.73 Å². The van der Waals surface area contributed by atoms with Gasteiger partial charge < -0.3 is 5.73 Å². The highest BCUT2D eigenvalue weighted by molar-refractivity contribution is 7.98. The van der Waals surface area contributed by atoms with Crippen molar-refractivity contribution in [1.29, 1.82) is 0 Å². The molecule has 0 aliphatic heterocycles. The predicted octanol–water partition coefficient (Wildman–Crippen LogP) is 3.00. The third-order valence-electron chi connectivity index (χ3n) is 2.33. The van der Waals surface area contributed by atoms with Crippen LogP contribution in [-0.2, 0) is 0 Å². The molecule has 1 aromatic carbocycles. The highest BCUT2D eigenvalue weighted by atomic mass is 32.2. The van der Waals surface area contributed by atoms with Gasteiger partial charge in [-0.05, 0) is 36.8 Å². The summed E-state index contributed by atoms with van der Waals surface area (Å²) in [7, 11) is 0. The summed E-state index contributed by atoms with van der Waals surface area (Å²) in [5.41, 5.74) is 6.57. The Morgan fingerprint density at radius 3 is 2.79 bits per heavy atom. The molecule has 14 heavy (non-hydrogen) atoms. The van der Waals surface area contributed by atoms with Gasteiger partial charge in [-0.1, -0.05) is 19.1 Å². The Morgan fingerprint density at radius 1 is 1.50 bits per heavy atom. The maximum absolute atomic E-state index is 13.4. The standard InChI is InChI=1S/C11H16FNS/c1-8(6-7-13)9-4-3-5-10(12)11(9)14-2/h3-5,8H,6-7,13H2,1-2H3. The Labute approximate surface area is 88.9 Å². The number of hydrogen-bond donors (Lipinski definition) is 1. The molecule has 1 nitrogen and oxygen atoms in total. The molecular formula is C11H16FNS. The molecule has 0 bridgehead atoms. The minimum atomic E-state index is -0.126. The minimum Gasteiger partial charge on any atom is -0.330 e. The van der Waals surface area contributed by atoms with E-state index in [9.17, 15) is 4.39 Å². The maximum Gasteiger partial charge on any atom is 0.137 e. The normalized spacial score (nSPS) is 12.9. The fraction of sp³-hybridized carbons (Fsp3) is 0.455. The zero-order valence-corrected chi connectivity index (χ0v) is 9.40. The highest BCUT2D eigenvalue weighted by Gasteiger charge is 2.12. The summed E-state index contributed by atoms with van der Waals surface area (Å²) in [5, 5.41) is 0. The van der Waals surface area contributed by atoms with Gasteiger partial charge in [-0.2, -0.15) is 0 Å². The van der Waals surface area contributed by atoms with Crippen molar-refractivity contribution >= 4 is 11.8 Å². The van der Waals surface area contributed by atoms with Crippen molar-refractivity contribution in [2.45, 2.75) is 24.2 Å². The zero-order valence-electron chi connectivity index (χ0n) is 8.59. The van der Waals surface area contributed by atoms with Crippen LogP contribution in [0.3, 0.4) is 0 Å². The van der Waals surface area contributed by atoms with Crippen LogP contribution in [0.1, 0.15) is 24.8 Å². The first kappa shape index (κ1) is 11.5. The molecule has 0 aromatic heterocycles. The number of benzene rings is 1. The van der Waals surface area contributed by atoms with Crippen LogP contribution in [0.4, 0.5) is 4.39 Å². The van der Waals surface area contributed by atoms with Crippen LogP contribution >= 0.6 is 11.8 Å². The van der Waals surface area contributed by atoms with Crippen molar-refractivity contribution in [3.63, 3.8) is 0 Å². The van der Waals surface area contributed by atoms with E-state index in [-0.39, 0.29) is 5.82 Å². The van der Waals surface area contributed by atoms with Crippen molar-refractivity contribution in [3.05, 3.63) is 29.6 Å². The van der Waals surface area contributed by atoms with Crippen LogP contribution in [0, 0.1) is 5.82 Å². The predicted molar refractivity (Wildman–Crippen MR) is 60.3 cm³/mol. The van der Waals surface area contributed by atoms with E-state index in [0.717, 1.165) is 16.9 Å². The van der Waals surface area contributed by atoms with Gasteiger partial charge >= 0.3 is 0 Å². The summed E-state index contributed by atoms with van der Waals surface area (Å²) in [6, 6.07) is 5.25. The molecule has 0 fully saturated rings. The summed E-state index contributed by atoms with van der Waals surface area (Å²) in [6.07, 6.45) is 2.80. The second-order valence-corrected chi connectivity index (χ2v) is 4.16. The van der Waals surface area contributed by atoms with Crippen LogP contribution in [0.2, 0.25) is 0 Å². The fourth-order valence-corrected chi connectivity index (χ4v) is 2.30. The van der Waals surface area contributed by atoms with Crippen LogP contribution < -0.4 is 5.73 Å². The van der Waals surface area contributed by atoms with Gasteiger partial charge in [0.05, 0.1) is 0 Å². The van der Waals surface area contributed by atoms with E-state index in [2.05, 4.69) is 6.92 Å². The van der Waals surface area contributed by atoms with Gasteiger partial charge in [0.1, 0.15) is 5.82 Å². The van der Waals surface area contributed by atoms with E-state index in [1.54, 1.807) is 6.07 Å². The number of thioether (sulfide) groups is 1. The summed E-state index contributed by atoms with van der Waals surface area (Å²) < 4.78 is 13.4. The highest BCUT2D eigenvalue weighted by Crippen LogP contribution is 2.30. The lowest BCUT2D eigenvalue weighted by molar-refractivity contribution is 0.584. The summed E-state index contributed by atoms with van der Waals surface area (Å²) in [6.45, 7) is 2.73. The minimum absolute atomic E-state index is 0.126. The van der Waals surface area contributed by atoms with Crippen LogP contribution in [0.15, 0.2) is 23.1 Å². The van der Waals surface area contributed by atoms with E-state index in [1.165, 1.54) is 17.8 Å². The summed E-state index contributed by atoms with van der Waals surface area (Å²) >= 11 is 1.46. The lowest BCUT2D eigenvalue weighted by Gasteiger charge is -2.14. The van der Waals surface area contributed by atoms with E-state index >= 15 is 0 Å². The molecule has 0 saturated carbocycles. The Bertz CT molecular complexity index is 301. The molecule has 1 rings (SSSR count). The maximum atomic E-state index is 13.4. The molecule has 1 unspecified atom stereocenters. The molecule has 0 heterocycles. The van der Waals surface area contributed by atoms with Crippen molar-refractivity contribution in [2.75, 3.05) is 12.8 Å². The Kier molecular flexibility index (Phi) is 4.42. The van der Waals surface area contributed by atoms with Crippen LogP contribution in [-0.4, -0.2) is 12.8 Å². The molecule has 0 spiro atoms. The summed E-state index contributed by atoms with van der Waals surface area (Å²) in [4.78, 5) is 0.758. The lowest BCUT2D eigenvalue weighted by Crippen LogP contribution is -2.06. The number of halogens is 1. The molecule has 0 aliphatic carbocycles. The second kappa shape index (κ2) is 5.37. The lowest BCUT2D eigenvalue weighted by atomic mass is 9.98. The molecule has 2 N–H and O–H groups in total. The van der Waals surface area contributed by atoms with Crippen LogP contribution in [0.25, 0.3) is 0 Å². The van der Waals surface area contributed by atoms with E-state index < -0.39 is 0 Å². The van der Waals surface area contributed by atoms with Gasteiger partial charge in [-0.25, -0.2) is 4.39 Å². The van der Waals surface area contributed by atoms with Gasteiger partial charge in [-0.3, -0.25) is 0 Å². The Hall–Kier alpha value is -0.540. The molecule has 0 aliphatic rings. The number of rotatable bonds is 4. The van der Waals surface area contributed by atoms with Gasteiger partial charge in [0, 0.05) is 4.90 Å². The molecule has 78 valence electrons. The SMILES string of the molecule is CSc1c(F)cccc1C(C)CCN. The third-order valence-corrected chi connectivity index (χ3v) is 3.17.